The molecule has 2 nitrogen and oxygen atoms in total. The van der Waals surface area contributed by atoms with E-state index in [4.69, 9.17) is 16.3 Å². The fraction of sp³-hybridized carbons (Fsp3) is 0.647. The molecular weight excluding hydrogens is 270 g/mol. The smallest absolute Gasteiger partial charge is 0.123 e. The molecule has 1 aromatic rings. The largest absolute Gasteiger partial charge is 0.496 e. The van der Waals surface area contributed by atoms with E-state index < -0.39 is 0 Å². The van der Waals surface area contributed by atoms with Crippen molar-refractivity contribution >= 4 is 11.6 Å². The van der Waals surface area contributed by atoms with Crippen LogP contribution in [-0.2, 0) is 0 Å². The van der Waals surface area contributed by atoms with Crippen molar-refractivity contribution in [1.82, 2.24) is 5.32 Å². The standard InChI is InChI=1S/C17H26ClNO/c1-17(2)10-6-5-7-14(17)16(19-3)13-11-12(18)8-9-15(13)20-4/h8-9,11,14,16,19H,5-7,10H2,1-4H3. The lowest BCUT2D eigenvalue weighted by Gasteiger charge is -2.43. The van der Waals surface area contributed by atoms with Gasteiger partial charge in [-0.25, -0.2) is 0 Å². The molecule has 0 heterocycles. The molecule has 0 aromatic heterocycles. The Hall–Kier alpha value is -0.730. The highest BCUT2D eigenvalue weighted by molar-refractivity contribution is 6.30. The molecule has 0 amide bonds. The van der Waals surface area contributed by atoms with Gasteiger partial charge in [0.05, 0.1) is 7.11 Å². The van der Waals surface area contributed by atoms with E-state index in [-0.39, 0.29) is 0 Å². The summed E-state index contributed by atoms with van der Waals surface area (Å²) in [5.74, 6) is 1.53. The van der Waals surface area contributed by atoms with Gasteiger partial charge in [0.15, 0.2) is 0 Å². The highest BCUT2D eigenvalue weighted by atomic mass is 35.5. The maximum absolute atomic E-state index is 6.20. The monoisotopic (exact) mass is 295 g/mol. The SMILES string of the molecule is CNC(c1cc(Cl)ccc1OC)C1CCCCC1(C)C. The van der Waals surface area contributed by atoms with Crippen LogP contribution in [-0.4, -0.2) is 14.2 Å². The van der Waals surface area contributed by atoms with Crippen molar-refractivity contribution in [3.63, 3.8) is 0 Å². The summed E-state index contributed by atoms with van der Waals surface area (Å²) in [5.41, 5.74) is 1.53. The Labute approximate surface area is 127 Å². The summed E-state index contributed by atoms with van der Waals surface area (Å²) in [6, 6.07) is 6.20. The van der Waals surface area contributed by atoms with Crippen molar-refractivity contribution < 1.29 is 4.74 Å². The van der Waals surface area contributed by atoms with Gasteiger partial charge < -0.3 is 10.1 Å². The van der Waals surface area contributed by atoms with E-state index in [0.29, 0.717) is 17.4 Å². The summed E-state index contributed by atoms with van der Waals surface area (Å²) in [7, 11) is 3.77. The Bertz CT molecular complexity index is 458. The first-order valence-corrected chi connectivity index (χ1v) is 7.88. The lowest BCUT2D eigenvalue weighted by molar-refractivity contribution is 0.100. The average molecular weight is 296 g/mol. The van der Waals surface area contributed by atoms with Gasteiger partial charge in [0.25, 0.3) is 0 Å². The Morgan fingerprint density at radius 2 is 2.10 bits per heavy atom. The molecule has 0 saturated heterocycles. The molecule has 1 aliphatic carbocycles. The number of benzene rings is 1. The van der Waals surface area contributed by atoms with Crippen LogP contribution in [0.25, 0.3) is 0 Å². The zero-order chi connectivity index (χ0) is 14.8. The van der Waals surface area contributed by atoms with Crippen LogP contribution in [0.2, 0.25) is 5.02 Å². The third kappa shape index (κ3) is 3.12. The van der Waals surface area contributed by atoms with Crippen LogP contribution in [0, 0.1) is 11.3 Å². The number of halogens is 1. The third-order valence-electron chi connectivity index (χ3n) is 4.83. The third-order valence-corrected chi connectivity index (χ3v) is 5.07. The number of hydrogen-bond acceptors (Lipinski definition) is 2. The summed E-state index contributed by atoms with van der Waals surface area (Å²) in [6.45, 7) is 4.77. The molecule has 1 fully saturated rings. The predicted molar refractivity (Wildman–Crippen MR) is 85.5 cm³/mol. The first-order chi connectivity index (χ1) is 9.49. The van der Waals surface area contributed by atoms with Gasteiger partial charge in [0.1, 0.15) is 5.75 Å². The van der Waals surface area contributed by atoms with Gasteiger partial charge in [-0.3, -0.25) is 0 Å². The first-order valence-electron chi connectivity index (χ1n) is 7.50. The molecule has 2 rings (SSSR count). The van der Waals surface area contributed by atoms with Crippen LogP contribution in [0.1, 0.15) is 51.1 Å². The highest BCUT2D eigenvalue weighted by Gasteiger charge is 2.38. The van der Waals surface area contributed by atoms with Crippen molar-refractivity contribution in [2.75, 3.05) is 14.2 Å². The molecule has 0 spiro atoms. The van der Waals surface area contributed by atoms with Crippen molar-refractivity contribution in [2.24, 2.45) is 11.3 Å². The number of hydrogen-bond donors (Lipinski definition) is 1. The fourth-order valence-corrected chi connectivity index (χ4v) is 3.84. The molecule has 1 saturated carbocycles. The van der Waals surface area contributed by atoms with E-state index in [1.54, 1.807) is 7.11 Å². The predicted octanol–water partition coefficient (Wildman–Crippen LogP) is 4.83. The molecule has 1 aliphatic rings. The Morgan fingerprint density at radius 1 is 1.35 bits per heavy atom. The van der Waals surface area contributed by atoms with Crippen molar-refractivity contribution in [3.05, 3.63) is 28.8 Å². The van der Waals surface area contributed by atoms with Crippen molar-refractivity contribution in [3.8, 4) is 5.75 Å². The molecule has 1 aromatic carbocycles. The summed E-state index contributed by atoms with van der Waals surface area (Å²) in [4.78, 5) is 0. The second kappa shape index (κ2) is 6.36. The lowest BCUT2D eigenvalue weighted by Crippen LogP contribution is -2.38. The van der Waals surface area contributed by atoms with Gasteiger partial charge >= 0.3 is 0 Å². The molecule has 20 heavy (non-hydrogen) atoms. The first kappa shape index (κ1) is 15.7. The molecule has 3 heteroatoms. The minimum absolute atomic E-state index is 0.291. The van der Waals surface area contributed by atoms with Gasteiger partial charge in [0, 0.05) is 16.6 Å². The van der Waals surface area contributed by atoms with E-state index in [2.05, 4.69) is 19.2 Å². The number of methoxy groups -OCH3 is 1. The van der Waals surface area contributed by atoms with Crippen LogP contribution in [0.4, 0.5) is 0 Å². The van der Waals surface area contributed by atoms with Crippen molar-refractivity contribution in [1.29, 1.82) is 0 Å². The second-order valence-electron chi connectivity index (χ2n) is 6.49. The molecule has 2 atom stereocenters. The summed E-state index contributed by atoms with van der Waals surface area (Å²) in [6.07, 6.45) is 5.20. The average Bonchev–Trinajstić information content (AvgIpc) is 2.41. The van der Waals surface area contributed by atoms with Crippen molar-refractivity contribution in [2.45, 2.75) is 45.6 Å². The Morgan fingerprint density at radius 3 is 2.70 bits per heavy atom. The van der Waals surface area contributed by atoms with Crippen LogP contribution in [0.3, 0.4) is 0 Å². The lowest BCUT2D eigenvalue weighted by atomic mass is 9.64. The number of nitrogens with one attached hydrogen (secondary N) is 1. The molecular formula is C17H26ClNO. The Kier molecular flexibility index (Phi) is 4.98. The fourth-order valence-electron chi connectivity index (χ4n) is 3.66. The molecule has 1 N–H and O–H groups in total. The van der Waals surface area contributed by atoms with Crippen LogP contribution in [0.15, 0.2) is 18.2 Å². The van der Waals surface area contributed by atoms with Crippen LogP contribution < -0.4 is 10.1 Å². The quantitative estimate of drug-likeness (QED) is 0.859. The molecule has 0 aliphatic heterocycles. The molecule has 0 bridgehead atoms. The molecule has 2 unspecified atom stereocenters. The van der Waals surface area contributed by atoms with E-state index in [9.17, 15) is 0 Å². The molecule has 0 radical (unpaired) electrons. The maximum Gasteiger partial charge on any atom is 0.123 e. The zero-order valence-corrected chi connectivity index (χ0v) is 13.8. The highest BCUT2D eigenvalue weighted by Crippen LogP contribution is 2.48. The number of ether oxygens (including phenoxy) is 1. The summed E-state index contributed by atoms with van der Waals surface area (Å²) in [5, 5.41) is 4.28. The Balaban J connectivity index is 2.39. The van der Waals surface area contributed by atoms with E-state index in [1.807, 2.05) is 25.2 Å². The molecule has 112 valence electrons. The van der Waals surface area contributed by atoms with Crippen LogP contribution in [0.5, 0.6) is 5.75 Å². The summed E-state index contributed by atoms with van der Waals surface area (Å²) >= 11 is 6.20. The van der Waals surface area contributed by atoms with Gasteiger partial charge in [0.2, 0.25) is 0 Å². The topological polar surface area (TPSA) is 21.3 Å². The normalized spacial score (nSPS) is 23.4. The van der Waals surface area contributed by atoms with Crippen LogP contribution >= 0.6 is 11.6 Å². The minimum Gasteiger partial charge on any atom is -0.496 e. The van der Waals surface area contributed by atoms with Gasteiger partial charge in [-0.1, -0.05) is 38.3 Å². The summed E-state index contributed by atoms with van der Waals surface area (Å²) < 4.78 is 5.54. The van der Waals surface area contributed by atoms with E-state index >= 15 is 0 Å². The van der Waals surface area contributed by atoms with Gasteiger partial charge in [-0.2, -0.15) is 0 Å². The zero-order valence-electron chi connectivity index (χ0n) is 13.0. The maximum atomic E-state index is 6.20. The van der Waals surface area contributed by atoms with Gasteiger partial charge in [-0.05, 0) is 49.4 Å². The van der Waals surface area contributed by atoms with Gasteiger partial charge in [-0.15, -0.1) is 0 Å². The van der Waals surface area contributed by atoms with E-state index in [1.165, 1.54) is 31.2 Å². The minimum atomic E-state index is 0.291. The second-order valence-corrected chi connectivity index (χ2v) is 6.93. The van der Waals surface area contributed by atoms with E-state index in [0.717, 1.165) is 10.8 Å². The number of rotatable bonds is 4.